The van der Waals surface area contributed by atoms with Gasteiger partial charge >= 0.3 is 22.5 Å². The third-order valence-electron chi connectivity index (χ3n) is 22.9. The van der Waals surface area contributed by atoms with Gasteiger partial charge in [-0.1, -0.05) is 44.9 Å². The van der Waals surface area contributed by atoms with E-state index in [1.165, 1.54) is 114 Å². The van der Waals surface area contributed by atoms with Crippen molar-refractivity contribution in [2.45, 2.75) is 208 Å². The fourth-order valence-electron chi connectivity index (χ4n) is 21.6. The maximum Gasteiger partial charge on any atom is 0.00268 e. The molecular formula is C59H90ClN5O9Se. The third kappa shape index (κ3) is 12.2. The van der Waals surface area contributed by atoms with E-state index in [9.17, 15) is 19.2 Å². The molecule has 20 aliphatic rings. The number of rotatable bonds is 0. The zero-order valence-corrected chi connectivity index (χ0v) is 48.1. The summed E-state index contributed by atoms with van der Waals surface area (Å²) in [6.45, 7) is 11.8. The Bertz CT molecular complexity index is 2250. The van der Waals surface area contributed by atoms with Crippen LogP contribution < -0.4 is 10.7 Å². The molecule has 20 rings (SSSR count). The van der Waals surface area contributed by atoms with Crippen LogP contribution in [0.1, 0.15) is 202 Å². The van der Waals surface area contributed by atoms with Gasteiger partial charge in [-0.25, -0.2) is 0 Å². The normalized spacial score (nSPS) is 49.7. The first-order valence-electron chi connectivity index (χ1n) is 29.3. The molecule has 20 saturated carbocycles. The monoisotopic (exact) mass is 1130 g/mol. The number of carbonyl (C=O) groups is 4. The number of fused-ring (bicyclic) bond motifs is 4. The van der Waals surface area contributed by atoms with Gasteiger partial charge in [0, 0.05) is 71.4 Å². The Hall–Kier alpha value is -2.42. The zero-order chi connectivity index (χ0) is 54.0. The number of hydrogen-bond donors (Lipinski definition) is 6. The van der Waals surface area contributed by atoms with E-state index >= 15 is 0 Å². The zero-order valence-electron chi connectivity index (χ0n) is 45.7. The van der Waals surface area contributed by atoms with Crippen molar-refractivity contribution in [2.75, 3.05) is 0 Å². The first-order chi connectivity index (χ1) is 35.4. The number of carbonyl (C=O) groups excluding carboxylic acids is 4. The Morgan fingerprint density at radius 2 is 0.800 bits per heavy atom. The van der Waals surface area contributed by atoms with Gasteiger partial charge in [-0.15, -0.1) is 5.00 Å². The Balaban J connectivity index is 0.000000112. The van der Waals surface area contributed by atoms with Crippen molar-refractivity contribution in [3.8, 4) is 0 Å². The van der Waals surface area contributed by atoms with Gasteiger partial charge < -0.3 is 26.8 Å². The maximum atomic E-state index is 11.8. The van der Waals surface area contributed by atoms with Crippen LogP contribution in [-0.4, -0.2) is 76.8 Å². The first kappa shape index (κ1) is 57.3. The molecule has 0 amide bonds. The van der Waals surface area contributed by atoms with Gasteiger partial charge in [0.2, 0.25) is 11.6 Å². The number of Topliss-reactive ketones (excluding diaryl/α,β-unsaturated/α-hetero) is 4. The Kier molecular flexibility index (Phi) is 17.0. The number of nitrogens with two attached hydrogens (primary N) is 1. The smallest absolute Gasteiger partial charge is 0.00268 e. The molecule has 0 radical (unpaired) electrons. The molecular weight excluding hydrogens is 1040 g/mol. The van der Waals surface area contributed by atoms with Crippen LogP contribution in [0, 0.1) is 121 Å². The summed E-state index contributed by atoms with van der Waals surface area (Å²) >= 11 is 2.68. The summed E-state index contributed by atoms with van der Waals surface area (Å²) in [5.41, 5.74) is 10.7. The molecule has 20 fully saturated rings. The van der Waals surface area contributed by atoms with Gasteiger partial charge in [-0.3, -0.25) is 19.2 Å². The fourth-order valence-corrected chi connectivity index (χ4v) is 21.6. The quantitative estimate of drug-likeness (QED) is 0.0437. The second-order valence-corrected chi connectivity index (χ2v) is 30.4. The van der Waals surface area contributed by atoms with Crippen molar-refractivity contribution in [3.05, 3.63) is 0 Å². The van der Waals surface area contributed by atoms with Crippen molar-refractivity contribution >= 4 is 66.9 Å². The van der Waals surface area contributed by atoms with Gasteiger partial charge in [-0.05, 0) is 235 Å². The topological polar surface area (TPSA) is 250 Å². The molecule has 17 unspecified atom stereocenters. The van der Waals surface area contributed by atoms with Crippen molar-refractivity contribution in [1.82, 2.24) is 5.00 Å². The molecule has 0 heterocycles. The molecule has 20 bridgehead atoms. The third-order valence-corrected chi connectivity index (χ3v) is 22.9. The van der Waals surface area contributed by atoms with Crippen LogP contribution >= 0.6 is 11.8 Å². The van der Waals surface area contributed by atoms with E-state index < -0.39 is 14.8 Å². The van der Waals surface area contributed by atoms with Gasteiger partial charge in [0.1, 0.15) is 23.0 Å². The number of nitrogens with one attached hydrogen (secondary N) is 2. The number of nitrogens with zero attached hydrogens (tertiary/aromatic N) is 2. The van der Waals surface area contributed by atoms with E-state index in [1.807, 2.05) is 0 Å². The summed E-state index contributed by atoms with van der Waals surface area (Å²) in [4.78, 5) is 48.3. The predicted octanol–water partition coefficient (Wildman–Crippen LogP) is 11.3. The van der Waals surface area contributed by atoms with E-state index in [0.717, 1.165) is 93.1 Å². The minimum atomic E-state index is -1.62. The van der Waals surface area contributed by atoms with Gasteiger partial charge in [0.05, 0.1) is 0 Å². The summed E-state index contributed by atoms with van der Waals surface area (Å²) in [7, 11) is 0. The molecule has 0 aromatic rings. The number of halogens is 1. The van der Waals surface area contributed by atoms with Crippen LogP contribution in [0.15, 0.2) is 10.3 Å². The van der Waals surface area contributed by atoms with Crippen molar-refractivity contribution in [3.63, 3.8) is 0 Å². The molecule has 16 heteroatoms. The van der Waals surface area contributed by atoms with Crippen molar-refractivity contribution in [2.24, 2.45) is 132 Å². The summed E-state index contributed by atoms with van der Waals surface area (Å²) in [5, 5.41) is 40.3. The molecule has 0 aromatic heterocycles. The molecule has 7 N–H and O–H groups in total. The molecule has 14 nitrogen and oxygen atoms in total. The molecule has 0 spiro atoms. The summed E-state index contributed by atoms with van der Waals surface area (Å²) in [6, 6.07) is 0.0899. The summed E-state index contributed by atoms with van der Waals surface area (Å²) in [5.74, 6) is 9.26. The summed E-state index contributed by atoms with van der Waals surface area (Å²) < 4.78 is 16.9. The minimum Gasteiger partial charge on any atom is -0.301 e. The molecule has 0 aromatic carbocycles. The van der Waals surface area contributed by atoms with E-state index in [1.54, 1.807) is 0 Å². The largest absolute Gasteiger partial charge is 0.301 e. The molecule has 0 aliphatic heterocycles. The Morgan fingerprint density at radius 1 is 0.493 bits per heavy atom. The van der Waals surface area contributed by atoms with Crippen LogP contribution in [-0.2, 0) is 26.8 Å². The number of hydrogen-bond acceptors (Lipinski definition) is 14. The number of oxime groups is 2. The van der Waals surface area contributed by atoms with Gasteiger partial charge in [0.15, 0.2) is 0 Å². The van der Waals surface area contributed by atoms with Crippen molar-refractivity contribution in [1.29, 1.82) is 5.41 Å². The maximum absolute atomic E-state index is 11.8. The Morgan fingerprint density at radius 3 is 1.23 bits per heavy atom. The number of ketones is 4. The van der Waals surface area contributed by atoms with E-state index in [4.69, 9.17) is 34.4 Å². The average molecular weight is 1130 g/mol. The van der Waals surface area contributed by atoms with Crippen LogP contribution in [0.25, 0.3) is 0 Å². The second kappa shape index (κ2) is 22.3. The van der Waals surface area contributed by atoms with Gasteiger partial charge in [0.25, 0.3) is 0 Å². The van der Waals surface area contributed by atoms with Crippen LogP contribution in [0.5, 0.6) is 0 Å². The molecule has 75 heavy (non-hydrogen) atoms. The predicted molar refractivity (Wildman–Crippen MR) is 285 cm³/mol. The fraction of sp³-hybridized carbons (Fsp3) is 0.881. The average Bonchev–Trinajstić information content (AvgIpc) is 3.69. The van der Waals surface area contributed by atoms with E-state index in [2.05, 4.69) is 56.7 Å². The molecule has 418 valence electrons. The second-order valence-electron chi connectivity index (χ2n) is 29.9. The first-order valence-corrected chi connectivity index (χ1v) is 31.1. The molecule has 17 atom stereocenters. The van der Waals surface area contributed by atoms with Crippen molar-refractivity contribution < 1.29 is 42.5 Å². The summed E-state index contributed by atoms with van der Waals surface area (Å²) in [6.07, 6.45) is 31.1. The standard InChI is InChI=1S/C12H18N2O2.C12H20N2.C12H16O2.C12H18O.C11H16O.ClH2NO.O2Se/c1-12-4-7-2-8(5-12)10(13-15)11(14-16)9(3-7)6-12;2*1-12-4-7-2-8(5-12)10(13)11(14)9(3-7)6-12;1-12-5-8-2-9(6-12)4-11(13)10(3-8)7-12;1-11-4-7-2-8(5-11)10(12)9(3-7)6-11;1-2-3;1-3-2/h7-9,15-16H,2-6H2,1H3;7-10,14H,2-6,13H2,1H3;7-9H,2-6H2,1H3;8-10H,2-7H2,1H3;7-9H,2-6H2,1H3;2-3H;/b13-10-,14-11+;;;;;;. The van der Waals surface area contributed by atoms with Gasteiger partial charge in [-0.2, -0.15) is 0 Å². The molecule has 0 saturated heterocycles. The van der Waals surface area contributed by atoms with Crippen LogP contribution in [0.3, 0.4) is 0 Å². The van der Waals surface area contributed by atoms with E-state index in [-0.39, 0.29) is 29.4 Å². The minimum absolute atomic E-state index is 0.0408. The Labute approximate surface area is 457 Å². The van der Waals surface area contributed by atoms with E-state index in [0.29, 0.717) is 97.4 Å². The van der Waals surface area contributed by atoms with Crippen LogP contribution in [0.2, 0.25) is 0 Å². The molecule has 20 aliphatic carbocycles. The van der Waals surface area contributed by atoms with Crippen LogP contribution in [0.4, 0.5) is 0 Å². The SMILES string of the molecule is CC12CC3CC(=O)C(CC(C3)C1)C2.CC12CC3CC(C1)C(=N)C(N)C(C3)C2.CC12CC3CC(C1)C(=N/O)/C(=N/O)C(C3)C2.CC12CC3CC(C1)C(=O)C(=O)C(C3)C2.CC12CC3CC(C1)C(=O)C(C3)C2.O=[Se]=O.ONCl.